The van der Waals surface area contributed by atoms with Crippen LogP contribution in [0.4, 0.5) is 4.79 Å². The summed E-state index contributed by atoms with van der Waals surface area (Å²) in [6, 6.07) is -0.631. The topological polar surface area (TPSA) is 60.3 Å². The zero-order valence-corrected chi connectivity index (χ0v) is 3.84. The van der Waals surface area contributed by atoms with Gasteiger partial charge in [-0.1, -0.05) is 0 Å². The SMILES string of the molecule is O=C1[C]=CNC(=O)[N]1. The Morgan fingerprint density at radius 1 is 1.62 bits per heavy atom. The van der Waals surface area contributed by atoms with Crippen molar-refractivity contribution in [3.63, 3.8) is 0 Å². The molecular formula is C4H2N2O2. The molecule has 8 heavy (non-hydrogen) atoms. The second-order valence-corrected chi connectivity index (χ2v) is 1.16. The van der Waals surface area contributed by atoms with E-state index in [2.05, 4.69) is 16.7 Å². The molecule has 0 aliphatic carbocycles. The molecule has 3 amide bonds. The van der Waals surface area contributed by atoms with E-state index in [0.29, 0.717) is 0 Å². The largest absolute Gasteiger partial charge is 0.348 e. The van der Waals surface area contributed by atoms with Gasteiger partial charge in [-0.05, 0) is 0 Å². The Morgan fingerprint density at radius 3 is 2.75 bits per heavy atom. The second kappa shape index (κ2) is 1.65. The Kier molecular flexibility index (Phi) is 0.997. The van der Waals surface area contributed by atoms with Crippen molar-refractivity contribution < 1.29 is 9.59 Å². The van der Waals surface area contributed by atoms with Gasteiger partial charge in [0.2, 0.25) is 0 Å². The molecule has 0 fully saturated rings. The summed E-state index contributed by atoms with van der Waals surface area (Å²) in [4.78, 5) is 20.2. The van der Waals surface area contributed by atoms with Crippen LogP contribution in [-0.4, -0.2) is 11.9 Å². The van der Waals surface area contributed by atoms with Crippen LogP contribution in [0.15, 0.2) is 6.20 Å². The van der Waals surface area contributed by atoms with E-state index in [0.717, 1.165) is 6.20 Å². The number of nitrogens with zero attached hydrogens (tertiary/aromatic N) is 1. The van der Waals surface area contributed by atoms with E-state index in [1.54, 1.807) is 0 Å². The molecule has 0 unspecified atom stereocenters. The molecule has 4 heteroatoms. The smallest absolute Gasteiger partial charge is 0.312 e. The zero-order chi connectivity index (χ0) is 5.98. The van der Waals surface area contributed by atoms with Crippen LogP contribution in [0.5, 0.6) is 0 Å². The molecule has 0 aromatic carbocycles. The van der Waals surface area contributed by atoms with E-state index in [1.807, 2.05) is 0 Å². The van der Waals surface area contributed by atoms with Gasteiger partial charge in [-0.2, -0.15) is 5.32 Å². The van der Waals surface area contributed by atoms with Crippen LogP contribution >= 0.6 is 0 Å². The van der Waals surface area contributed by atoms with Gasteiger partial charge in [-0.3, -0.25) is 4.79 Å². The molecule has 0 atom stereocenters. The first-order valence-electron chi connectivity index (χ1n) is 1.93. The van der Waals surface area contributed by atoms with Crippen LogP contribution < -0.4 is 10.6 Å². The number of rotatable bonds is 0. The van der Waals surface area contributed by atoms with Crippen LogP contribution in [0.3, 0.4) is 0 Å². The van der Waals surface area contributed by atoms with Gasteiger partial charge in [0, 0.05) is 6.20 Å². The summed E-state index contributed by atoms with van der Waals surface area (Å²) < 4.78 is 0. The molecule has 0 saturated carbocycles. The van der Waals surface area contributed by atoms with E-state index in [4.69, 9.17) is 0 Å². The van der Waals surface area contributed by atoms with Crippen molar-refractivity contribution in [3.8, 4) is 0 Å². The Bertz CT molecular complexity index is 161. The van der Waals surface area contributed by atoms with Gasteiger partial charge in [-0.25, -0.2) is 4.79 Å². The molecule has 0 spiro atoms. The van der Waals surface area contributed by atoms with E-state index < -0.39 is 11.9 Å². The molecule has 1 aliphatic rings. The molecule has 2 radical (unpaired) electrons. The number of urea groups is 1. The van der Waals surface area contributed by atoms with Gasteiger partial charge in [0.1, 0.15) is 0 Å². The minimum absolute atomic E-state index is 0.631. The van der Waals surface area contributed by atoms with Crippen LogP contribution in [-0.2, 0) is 4.79 Å². The zero-order valence-electron chi connectivity index (χ0n) is 3.84. The van der Waals surface area contributed by atoms with Crippen LogP contribution in [0.1, 0.15) is 0 Å². The fourth-order valence-corrected chi connectivity index (χ4v) is 0.316. The minimum atomic E-state index is -0.631. The lowest BCUT2D eigenvalue weighted by atomic mass is 10.5. The van der Waals surface area contributed by atoms with Gasteiger partial charge in [0.15, 0.2) is 0 Å². The number of carbonyl (C=O) groups is 2. The fraction of sp³-hybridized carbons (Fsp3) is 0. The van der Waals surface area contributed by atoms with Crippen LogP contribution in [0, 0.1) is 6.08 Å². The first-order valence-corrected chi connectivity index (χ1v) is 1.93. The third-order valence-corrected chi connectivity index (χ3v) is 0.594. The van der Waals surface area contributed by atoms with E-state index in [9.17, 15) is 9.59 Å². The second-order valence-electron chi connectivity index (χ2n) is 1.16. The van der Waals surface area contributed by atoms with Crippen LogP contribution in [0.2, 0.25) is 0 Å². The van der Waals surface area contributed by atoms with Crippen molar-refractivity contribution in [3.05, 3.63) is 12.3 Å². The van der Waals surface area contributed by atoms with E-state index in [-0.39, 0.29) is 0 Å². The maximum atomic E-state index is 10.1. The van der Waals surface area contributed by atoms with Crippen molar-refractivity contribution in [1.82, 2.24) is 10.6 Å². The number of carbonyl (C=O) groups excluding carboxylic acids is 2. The summed E-state index contributed by atoms with van der Waals surface area (Å²) in [5.41, 5.74) is 0. The Balaban J connectivity index is 2.68. The maximum absolute atomic E-state index is 10.1. The molecular weight excluding hydrogens is 108 g/mol. The van der Waals surface area contributed by atoms with Crippen molar-refractivity contribution in [2.75, 3.05) is 0 Å². The van der Waals surface area contributed by atoms with E-state index in [1.165, 1.54) is 0 Å². The average molecular weight is 110 g/mol. The van der Waals surface area contributed by atoms with Gasteiger partial charge < -0.3 is 5.32 Å². The molecule has 0 aromatic rings. The van der Waals surface area contributed by atoms with Crippen molar-refractivity contribution in [2.45, 2.75) is 0 Å². The first kappa shape index (κ1) is 4.83. The summed E-state index contributed by atoms with van der Waals surface area (Å²) in [6.07, 6.45) is 3.29. The first-order chi connectivity index (χ1) is 3.79. The third kappa shape index (κ3) is 0.841. The number of imide groups is 1. The third-order valence-electron chi connectivity index (χ3n) is 0.594. The number of hydrogen-bond donors (Lipinski definition) is 1. The van der Waals surface area contributed by atoms with Crippen molar-refractivity contribution >= 4 is 11.9 Å². The van der Waals surface area contributed by atoms with Gasteiger partial charge >= 0.3 is 6.03 Å². The van der Waals surface area contributed by atoms with Crippen molar-refractivity contribution in [2.24, 2.45) is 0 Å². The lowest BCUT2D eigenvalue weighted by Crippen LogP contribution is -2.34. The highest BCUT2D eigenvalue weighted by Crippen LogP contribution is 1.79. The predicted octanol–water partition coefficient (Wildman–Crippen LogP) is -0.843. The minimum Gasteiger partial charge on any atom is -0.312 e. The summed E-state index contributed by atoms with van der Waals surface area (Å²) >= 11 is 0. The summed E-state index contributed by atoms with van der Waals surface area (Å²) in [7, 11) is 0. The lowest BCUT2D eigenvalue weighted by Gasteiger charge is -1.99. The molecule has 1 rings (SSSR count). The predicted molar refractivity (Wildman–Crippen MR) is 23.5 cm³/mol. The molecule has 0 aromatic heterocycles. The Morgan fingerprint density at radius 2 is 2.38 bits per heavy atom. The van der Waals surface area contributed by atoms with Crippen LogP contribution in [0.25, 0.3) is 0 Å². The van der Waals surface area contributed by atoms with Gasteiger partial charge in [-0.15, -0.1) is 0 Å². The highest BCUT2D eigenvalue weighted by molar-refractivity contribution is 6.00. The summed E-state index contributed by atoms with van der Waals surface area (Å²) in [5.74, 6) is -0.631. The summed E-state index contributed by atoms with van der Waals surface area (Å²) in [6.45, 7) is 0. The molecule has 4 nitrogen and oxygen atoms in total. The molecule has 1 aliphatic heterocycles. The van der Waals surface area contributed by atoms with Crippen molar-refractivity contribution in [1.29, 1.82) is 0 Å². The lowest BCUT2D eigenvalue weighted by molar-refractivity contribution is -0.116. The number of nitrogens with one attached hydrogen (secondary N) is 1. The maximum Gasteiger partial charge on any atom is 0.348 e. The van der Waals surface area contributed by atoms with Gasteiger partial charge in [0.05, 0.1) is 6.08 Å². The fourth-order valence-electron chi connectivity index (χ4n) is 0.316. The Labute approximate surface area is 45.6 Å². The average Bonchev–Trinajstić information content (AvgIpc) is 1.64. The molecule has 0 saturated heterocycles. The standard InChI is InChI=1S/C4H2N2O2/c7-3-1-2-5-4(8)6-3/h2H,(H,5,8). The highest BCUT2D eigenvalue weighted by atomic mass is 16.2. The number of hydrogen-bond acceptors (Lipinski definition) is 2. The Hall–Kier alpha value is -1.32. The highest BCUT2D eigenvalue weighted by Gasteiger charge is 2.09. The number of amides is 3. The molecule has 1 heterocycles. The monoisotopic (exact) mass is 110 g/mol. The quantitative estimate of drug-likeness (QED) is 0.442. The molecule has 1 N–H and O–H groups in total. The van der Waals surface area contributed by atoms with E-state index >= 15 is 0 Å². The summed E-state index contributed by atoms with van der Waals surface area (Å²) in [5, 5.41) is 5.10. The van der Waals surface area contributed by atoms with Gasteiger partial charge in [0.25, 0.3) is 5.91 Å². The normalized spacial score (nSPS) is 17.5. The molecule has 0 bridgehead atoms. The molecule has 40 valence electrons.